The Morgan fingerprint density at radius 1 is 1.31 bits per heavy atom. The van der Waals surface area contributed by atoms with Crippen LogP contribution in [0.2, 0.25) is 0 Å². The summed E-state index contributed by atoms with van der Waals surface area (Å²) in [7, 11) is 0. The van der Waals surface area contributed by atoms with Crippen LogP contribution >= 0.6 is 0 Å². The van der Waals surface area contributed by atoms with Crippen molar-refractivity contribution in [3.05, 3.63) is 40.5 Å². The van der Waals surface area contributed by atoms with E-state index < -0.39 is 17.1 Å². The van der Waals surface area contributed by atoms with Crippen LogP contribution in [-0.4, -0.2) is 0 Å². The summed E-state index contributed by atoms with van der Waals surface area (Å²) in [4.78, 5) is 10.9. The Hall–Kier alpha value is -1.84. The van der Waals surface area contributed by atoms with Gasteiger partial charge in [-0.15, -0.1) is 0 Å². The smallest absolute Gasteiger partial charge is 0.362 e. The molecule has 0 saturated carbocycles. The van der Waals surface area contributed by atoms with Gasteiger partial charge in [0.25, 0.3) is 0 Å². The Labute approximate surface area is 72.6 Å². The molecule has 0 atom stereocenters. The van der Waals surface area contributed by atoms with Crippen LogP contribution in [0.15, 0.2) is 33.5 Å². The zero-order chi connectivity index (χ0) is 9.42. The molecule has 66 valence electrons. The average molecular weight is 179 g/mol. The Balaban J connectivity index is 3.02. The van der Waals surface area contributed by atoms with Crippen molar-refractivity contribution in [3.8, 4) is 0 Å². The maximum Gasteiger partial charge on any atom is 0.362 e. The summed E-state index contributed by atoms with van der Waals surface area (Å²) in [5.74, 6) is -0.716. The minimum Gasteiger partial charge on any atom is -0.421 e. The molecule has 0 amide bonds. The van der Waals surface area contributed by atoms with Gasteiger partial charge in [-0.2, -0.15) is 0 Å². The predicted octanol–water partition coefficient (Wildman–Crippen LogP) is 1.51. The molecular weight excluding hydrogens is 173 g/mol. The lowest BCUT2D eigenvalue weighted by molar-refractivity contribution is 0.544. The molecule has 0 aliphatic carbocycles. The molecule has 0 spiro atoms. The van der Waals surface area contributed by atoms with Crippen LogP contribution in [0.1, 0.15) is 0 Å². The first kappa shape index (κ1) is 7.79. The van der Waals surface area contributed by atoms with Gasteiger partial charge in [0.15, 0.2) is 11.5 Å². The molecule has 0 radical (unpaired) electrons. The largest absolute Gasteiger partial charge is 0.421 e. The van der Waals surface area contributed by atoms with Gasteiger partial charge in [-0.3, -0.25) is 0 Å². The highest BCUT2D eigenvalue weighted by Gasteiger charge is 2.09. The zero-order valence-corrected chi connectivity index (χ0v) is 6.58. The number of fused-ring (bicyclic) bond motifs is 1. The van der Waals surface area contributed by atoms with Gasteiger partial charge in [-0.25, -0.2) is 9.18 Å². The Kier molecular flexibility index (Phi) is 1.55. The summed E-state index contributed by atoms with van der Waals surface area (Å²) in [6.07, 6.45) is 0. The van der Waals surface area contributed by atoms with E-state index in [-0.39, 0.29) is 11.0 Å². The second-order valence-corrected chi connectivity index (χ2v) is 2.61. The number of para-hydroxylation sites is 1. The monoisotopic (exact) mass is 179 g/mol. The van der Waals surface area contributed by atoms with E-state index in [4.69, 9.17) is 10.2 Å². The second kappa shape index (κ2) is 2.58. The van der Waals surface area contributed by atoms with E-state index in [0.717, 1.165) is 0 Å². The molecule has 2 N–H and O–H groups in total. The lowest BCUT2D eigenvalue weighted by Gasteiger charge is -1.98. The van der Waals surface area contributed by atoms with Gasteiger partial charge in [0.1, 0.15) is 5.58 Å². The van der Waals surface area contributed by atoms with Crippen molar-refractivity contribution in [2.75, 3.05) is 5.73 Å². The number of hydrogen-bond acceptors (Lipinski definition) is 3. The van der Waals surface area contributed by atoms with Crippen molar-refractivity contribution in [1.82, 2.24) is 0 Å². The van der Waals surface area contributed by atoms with E-state index in [1.807, 2.05) is 0 Å². The van der Waals surface area contributed by atoms with E-state index in [9.17, 15) is 9.18 Å². The fourth-order valence-corrected chi connectivity index (χ4v) is 1.13. The lowest BCUT2D eigenvalue weighted by atomic mass is 10.2. The van der Waals surface area contributed by atoms with Gasteiger partial charge in [0.2, 0.25) is 0 Å². The summed E-state index contributed by atoms with van der Waals surface area (Å²) in [5, 5.41) is 0.222. The van der Waals surface area contributed by atoms with Gasteiger partial charge in [-0.1, -0.05) is 12.1 Å². The van der Waals surface area contributed by atoms with E-state index in [2.05, 4.69) is 0 Å². The molecule has 0 aliphatic rings. The highest BCUT2D eigenvalue weighted by molar-refractivity contribution is 5.79. The van der Waals surface area contributed by atoms with Gasteiger partial charge in [0.05, 0.1) is 5.39 Å². The van der Waals surface area contributed by atoms with Crippen molar-refractivity contribution in [3.63, 3.8) is 0 Å². The normalized spacial score (nSPS) is 10.5. The molecule has 2 rings (SSSR count). The first-order chi connectivity index (χ1) is 6.20. The van der Waals surface area contributed by atoms with Crippen LogP contribution in [0.3, 0.4) is 0 Å². The molecule has 1 aromatic heterocycles. The minimum atomic E-state index is -0.837. The number of hydrogen-bond donors (Lipinski definition) is 1. The number of halogens is 1. The van der Waals surface area contributed by atoms with Gasteiger partial charge in [0, 0.05) is 0 Å². The third-order valence-corrected chi connectivity index (χ3v) is 1.78. The highest BCUT2D eigenvalue weighted by Crippen LogP contribution is 2.18. The molecule has 0 bridgehead atoms. The second-order valence-electron chi connectivity index (χ2n) is 2.61. The maximum absolute atomic E-state index is 13.3. The SMILES string of the molecule is Nc1c(F)c2ccccc2oc1=O. The minimum absolute atomic E-state index is 0.208. The molecular formula is C9H6FNO2. The molecule has 1 heterocycles. The summed E-state index contributed by atoms with van der Waals surface area (Å²) in [5.41, 5.74) is 4.06. The van der Waals surface area contributed by atoms with Crippen molar-refractivity contribution in [2.24, 2.45) is 0 Å². The summed E-state index contributed by atoms with van der Waals surface area (Å²) < 4.78 is 18.0. The predicted molar refractivity (Wildman–Crippen MR) is 46.9 cm³/mol. The Bertz CT molecular complexity index is 518. The van der Waals surface area contributed by atoms with Crippen LogP contribution in [0.25, 0.3) is 11.0 Å². The topological polar surface area (TPSA) is 56.2 Å². The molecule has 3 nitrogen and oxygen atoms in total. The van der Waals surface area contributed by atoms with Crippen molar-refractivity contribution in [1.29, 1.82) is 0 Å². The Morgan fingerprint density at radius 2 is 2.00 bits per heavy atom. The third-order valence-electron chi connectivity index (χ3n) is 1.78. The fraction of sp³-hybridized carbons (Fsp3) is 0. The number of nitrogens with two attached hydrogens (primary N) is 1. The van der Waals surface area contributed by atoms with Crippen LogP contribution in [0.4, 0.5) is 10.1 Å². The third kappa shape index (κ3) is 1.07. The number of nitrogen functional groups attached to an aromatic ring is 1. The molecule has 0 aliphatic heterocycles. The molecule has 2 aromatic rings. The molecule has 0 unspecified atom stereocenters. The van der Waals surface area contributed by atoms with Gasteiger partial charge >= 0.3 is 5.63 Å². The molecule has 1 aromatic carbocycles. The number of benzene rings is 1. The van der Waals surface area contributed by atoms with E-state index >= 15 is 0 Å². The van der Waals surface area contributed by atoms with Crippen molar-refractivity contribution in [2.45, 2.75) is 0 Å². The van der Waals surface area contributed by atoms with Crippen LogP contribution in [0.5, 0.6) is 0 Å². The van der Waals surface area contributed by atoms with Crippen LogP contribution in [0, 0.1) is 5.82 Å². The van der Waals surface area contributed by atoms with E-state index in [1.165, 1.54) is 12.1 Å². The summed E-state index contributed by atoms with van der Waals surface area (Å²) >= 11 is 0. The zero-order valence-electron chi connectivity index (χ0n) is 6.58. The average Bonchev–Trinajstić information content (AvgIpc) is 2.15. The summed E-state index contributed by atoms with van der Waals surface area (Å²) in [6, 6.07) is 6.31. The maximum atomic E-state index is 13.3. The Morgan fingerprint density at radius 3 is 2.77 bits per heavy atom. The first-order valence-corrected chi connectivity index (χ1v) is 3.67. The standard InChI is InChI=1S/C9H6FNO2/c10-7-5-3-1-2-4-6(5)13-9(12)8(7)11/h1-4H,11H2. The quantitative estimate of drug-likeness (QED) is 0.623. The van der Waals surface area contributed by atoms with Crippen LogP contribution < -0.4 is 11.4 Å². The first-order valence-electron chi connectivity index (χ1n) is 3.67. The molecule has 0 fully saturated rings. The highest BCUT2D eigenvalue weighted by atomic mass is 19.1. The number of rotatable bonds is 0. The van der Waals surface area contributed by atoms with Gasteiger partial charge < -0.3 is 10.2 Å². The van der Waals surface area contributed by atoms with Crippen molar-refractivity contribution >= 4 is 16.7 Å². The summed E-state index contributed by atoms with van der Waals surface area (Å²) in [6.45, 7) is 0. The lowest BCUT2D eigenvalue weighted by Crippen LogP contribution is -2.09. The van der Waals surface area contributed by atoms with Gasteiger partial charge in [-0.05, 0) is 12.1 Å². The number of anilines is 1. The molecule has 4 heteroatoms. The van der Waals surface area contributed by atoms with E-state index in [0.29, 0.717) is 0 Å². The molecule has 13 heavy (non-hydrogen) atoms. The van der Waals surface area contributed by atoms with Crippen LogP contribution in [-0.2, 0) is 0 Å². The fourth-order valence-electron chi connectivity index (χ4n) is 1.13. The van der Waals surface area contributed by atoms with Crippen molar-refractivity contribution < 1.29 is 8.81 Å². The van der Waals surface area contributed by atoms with E-state index in [1.54, 1.807) is 12.1 Å². The molecule has 0 saturated heterocycles.